The molecule has 0 aliphatic rings. The Morgan fingerprint density at radius 1 is 1.00 bits per heavy atom. The zero-order valence-electron chi connectivity index (χ0n) is 21.3. The Kier molecular flexibility index (Phi) is 8.89. The van der Waals surface area contributed by atoms with Crippen LogP contribution in [-0.2, 0) is 31.6 Å². The standard InChI is InChI=1S/C26H37N3O4S/c1-8-23(25(31)27-6)28(17-20-11-9-19(2)10-12-20)24(30)18-29(34(7,32)33)22-15-13-21(14-16-22)26(3,4)5/h9-16,23H,8,17-18H2,1-7H3,(H,27,31). The number of nitrogens with zero attached hydrogens (tertiary/aromatic N) is 2. The minimum Gasteiger partial charge on any atom is -0.357 e. The van der Waals surface area contributed by atoms with Crippen molar-refractivity contribution in [3.05, 3.63) is 65.2 Å². The lowest BCUT2D eigenvalue weighted by atomic mass is 9.87. The van der Waals surface area contributed by atoms with Crippen LogP contribution in [0.5, 0.6) is 0 Å². The molecular weight excluding hydrogens is 450 g/mol. The normalized spacial score (nSPS) is 12.7. The number of aryl methyl sites for hydroxylation is 1. The van der Waals surface area contributed by atoms with Gasteiger partial charge in [-0.15, -0.1) is 0 Å². The van der Waals surface area contributed by atoms with Crippen molar-refractivity contribution in [1.29, 1.82) is 0 Å². The summed E-state index contributed by atoms with van der Waals surface area (Å²) >= 11 is 0. The molecule has 0 aliphatic heterocycles. The van der Waals surface area contributed by atoms with E-state index in [1.165, 1.54) is 11.9 Å². The Balaban J connectivity index is 2.42. The molecule has 1 N–H and O–H groups in total. The average Bonchev–Trinajstić information content (AvgIpc) is 2.77. The Bertz CT molecular complexity index is 1090. The lowest BCUT2D eigenvalue weighted by molar-refractivity contribution is -0.140. The van der Waals surface area contributed by atoms with Gasteiger partial charge >= 0.3 is 0 Å². The number of amides is 2. The van der Waals surface area contributed by atoms with E-state index in [0.717, 1.165) is 27.3 Å². The summed E-state index contributed by atoms with van der Waals surface area (Å²) in [6, 6.07) is 14.2. The quantitative estimate of drug-likeness (QED) is 0.585. The van der Waals surface area contributed by atoms with Crippen molar-refractivity contribution in [3.63, 3.8) is 0 Å². The highest BCUT2D eigenvalue weighted by Crippen LogP contribution is 2.26. The lowest BCUT2D eigenvalue weighted by Crippen LogP contribution is -2.51. The predicted octanol–water partition coefficient (Wildman–Crippen LogP) is 3.61. The molecule has 2 amide bonds. The fourth-order valence-electron chi connectivity index (χ4n) is 3.72. The van der Waals surface area contributed by atoms with Gasteiger partial charge in [-0.3, -0.25) is 13.9 Å². The van der Waals surface area contributed by atoms with E-state index in [0.29, 0.717) is 12.1 Å². The molecule has 0 aromatic heterocycles. The van der Waals surface area contributed by atoms with E-state index in [1.807, 2.05) is 50.2 Å². The predicted molar refractivity (Wildman–Crippen MR) is 137 cm³/mol. The van der Waals surface area contributed by atoms with Crippen LogP contribution < -0.4 is 9.62 Å². The van der Waals surface area contributed by atoms with Crippen LogP contribution in [0.1, 0.15) is 50.8 Å². The molecule has 1 unspecified atom stereocenters. The smallest absolute Gasteiger partial charge is 0.244 e. The highest BCUT2D eigenvalue weighted by molar-refractivity contribution is 7.92. The van der Waals surface area contributed by atoms with Gasteiger partial charge in [0.15, 0.2) is 0 Å². The molecule has 0 spiro atoms. The number of carbonyl (C=O) groups excluding carboxylic acids is 2. The van der Waals surface area contributed by atoms with E-state index >= 15 is 0 Å². The molecule has 34 heavy (non-hydrogen) atoms. The van der Waals surface area contributed by atoms with Gasteiger partial charge < -0.3 is 10.2 Å². The Labute approximate surface area is 204 Å². The molecule has 0 bridgehead atoms. The first-order valence-electron chi connectivity index (χ1n) is 11.4. The van der Waals surface area contributed by atoms with Crippen molar-refractivity contribution in [2.75, 3.05) is 24.2 Å². The summed E-state index contributed by atoms with van der Waals surface area (Å²) in [5.41, 5.74) is 3.33. The maximum Gasteiger partial charge on any atom is 0.244 e. The number of hydrogen-bond donors (Lipinski definition) is 1. The maximum absolute atomic E-state index is 13.5. The second-order valence-electron chi connectivity index (χ2n) is 9.61. The van der Waals surface area contributed by atoms with Crippen LogP contribution >= 0.6 is 0 Å². The third-order valence-electron chi connectivity index (χ3n) is 5.81. The van der Waals surface area contributed by atoms with Crippen molar-refractivity contribution in [2.24, 2.45) is 0 Å². The molecule has 1 atom stereocenters. The van der Waals surface area contributed by atoms with Crippen LogP contribution in [0.4, 0.5) is 5.69 Å². The maximum atomic E-state index is 13.5. The van der Waals surface area contributed by atoms with Crippen LogP contribution in [0.15, 0.2) is 48.5 Å². The molecule has 0 aliphatic carbocycles. The summed E-state index contributed by atoms with van der Waals surface area (Å²) in [4.78, 5) is 27.6. The van der Waals surface area contributed by atoms with Gasteiger partial charge in [0.1, 0.15) is 12.6 Å². The Morgan fingerprint density at radius 3 is 2.00 bits per heavy atom. The minimum atomic E-state index is -3.75. The molecule has 0 saturated carbocycles. The number of nitrogens with one attached hydrogen (secondary N) is 1. The van der Waals surface area contributed by atoms with Gasteiger partial charge in [-0.05, 0) is 42.0 Å². The molecule has 0 radical (unpaired) electrons. The topological polar surface area (TPSA) is 86.8 Å². The minimum absolute atomic E-state index is 0.0863. The summed E-state index contributed by atoms with van der Waals surface area (Å²) < 4.78 is 26.4. The molecule has 2 aromatic rings. The molecule has 0 heterocycles. The summed E-state index contributed by atoms with van der Waals surface area (Å²) in [5.74, 6) is -0.732. The van der Waals surface area contributed by atoms with Gasteiger partial charge in [0, 0.05) is 13.6 Å². The Hall–Kier alpha value is -2.87. The number of rotatable bonds is 9. The van der Waals surface area contributed by atoms with Crippen molar-refractivity contribution in [1.82, 2.24) is 10.2 Å². The van der Waals surface area contributed by atoms with Gasteiger partial charge in [0.25, 0.3) is 0 Å². The van der Waals surface area contributed by atoms with Crippen molar-refractivity contribution in [2.45, 2.75) is 59.0 Å². The van der Waals surface area contributed by atoms with Gasteiger partial charge in [-0.25, -0.2) is 8.42 Å². The highest BCUT2D eigenvalue weighted by atomic mass is 32.2. The van der Waals surface area contributed by atoms with E-state index in [-0.39, 0.29) is 17.9 Å². The van der Waals surface area contributed by atoms with E-state index in [4.69, 9.17) is 0 Å². The van der Waals surface area contributed by atoms with Crippen LogP contribution in [0.2, 0.25) is 0 Å². The monoisotopic (exact) mass is 487 g/mol. The highest BCUT2D eigenvalue weighted by Gasteiger charge is 2.31. The zero-order chi connectivity index (χ0) is 25.7. The summed E-state index contributed by atoms with van der Waals surface area (Å²) in [7, 11) is -2.22. The molecule has 0 fully saturated rings. The summed E-state index contributed by atoms with van der Waals surface area (Å²) in [5, 5.41) is 2.62. The number of sulfonamides is 1. The van der Waals surface area contributed by atoms with E-state index in [2.05, 4.69) is 26.1 Å². The first-order chi connectivity index (χ1) is 15.8. The SMILES string of the molecule is CCC(C(=O)NC)N(Cc1ccc(C)cc1)C(=O)CN(c1ccc(C(C)(C)C)cc1)S(C)(=O)=O. The van der Waals surface area contributed by atoms with E-state index < -0.39 is 28.5 Å². The van der Waals surface area contributed by atoms with Crippen LogP contribution in [0.25, 0.3) is 0 Å². The molecule has 8 heteroatoms. The Morgan fingerprint density at radius 2 is 1.56 bits per heavy atom. The largest absolute Gasteiger partial charge is 0.357 e. The van der Waals surface area contributed by atoms with Crippen molar-refractivity contribution in [3.8, 4) is 0 Å². The summed E-state index contributed by atoms with van der Waals surface area (Å²) in [6.07, 6.45) is 1.48. The molecular formula is C26H37N3O4S. The first-order valence-corrected chi connectivity index (χ1v) is 13.3. The van der Waals surface area contributed by atoms with Crippen LogP contribution in [0.3, 0.4) is 0 Å². The third kappa shape index (κ3) is 7.06. The van der Waals surface area contributed by atoms with E-state index in [9.17, 15) is 18.0 Å². The second-order valence-corrected chi connectivity index (χ2v) is 11.5. The third-order valence-corrected chi connectivity index (χ3v) is 6.95. The number of likely N-dealkylation sites (N-methyl/N-ethyl adjacent to an activating group) is 1. The van der Waals surface area contributed by atoms with Gasteiger partial charge in [0.2, 0.25) is 21.8 Å². The van der Waals surface area contributed by atoms with Gasteiger partial charge in [-0.2, -0.15) is 0 Å². The number of benzene rings is 2. The van der Waals surface area contributed by atoms with Crippen LogP contribution in [-0.4, -0.2) is 51.0 Å². The first kappa shape index (κ1) is 27.4. The number of hydrogen-bond acceptors (Lipinski definition) is 4. The second kappa shape index (κ2) is 11.0. The average molecular weight is 488 g/mol. The van der Waals surface area contributed by atoms with Gasteiger partial charge in [0.05, 0.1) is 11.9 Å². The van der Waals surface area contributed by atoms with Gasteiger partial charge in [-0.1, -0.05) is 69.7 Å². The van der Waals surface area contributed by atoms with Crippen molar-refractivity contribution >= 4 is 27.5 Å². The fourth-order valence-corrected chi connectivity index (χ4v) is 4.57. The summed E-state index contributed by atoms with van der Waals surface area (Å²) in [6.45, 7) is 9.83. The van der Waals surface area contributed by atoms with E-state index in [1.54, 1.807) is 12.1 Å². The fraction of sp³-hybridized carbons (Fsp3) is 0.462. The lowest BCUT2D eigenvalue weighted by Gasteiger charge is -2.32. The molecule has 0 saturated heterocycles. The molecule has 2 aromatic carbocycles. The molecule has 186 valence electrons. The zero-order valence-corrected chi connectivity index (χ0v) is 22.1. The van der Waals surface area contributed by atoms with Crippen molar-refractivity contribution < 1.29 is 18.0 Å². The number of anilines is 1. The molecule has 2 rings (SSSR count). The number of carbonyl (C=O) groups is 2. The van der Waals surface area contributed by atoms with Crippen LogP contribution in [0, 0.1) is 6.92 Å². The molecule has 7 nitrogen and oxygen atoms in total.